The Bertz CT molecular complexity index is 710. The van der Waals surface area contributed by atoms with Crippen LogP contribution in [0.2, 0.25) is 0 Å². The predicted molar refractivity (Wildman–Crippen MR) is 100 cm³/mol. The second-order valence-corrected chi connectivity index (χ2v) is 6.22. The van der Waals surface area contributed by atoms with E-state index in [1.807, 2.05) is 70.2 Å². The lowest BCUT2D eigenvalue weighted by Gasteiger charge is -2.22. The van der Waals surface area contributed by atoms with Gasteiger partial charge in [-0.25, -0.2) is 0 Å². The number of hydrogen-bond acceptors (Lipinski definition) is 3. The second-order valence-electron chi connectivity index (χ2n) is 6.22. The molecule has 0 saturated carbocycles. The zero-order chi connectivity index (χ0) is 18.4. The van der Waals surface area contributed by atoms with Crippen LogP contribution in [0.25, 0.3) is 0 Å². The Morgan fingerprint density at radius 3 is 2.40 bits per heavy atom. The Balaban J connectivity index is 2.04. The van der Waals surface area contributed by atoms with Crippen molar-refractivity contribution in [3.8, 4) is 11.5 Å². The number of rotatable bonds is 7. The van der Waals surface area contributed by atoms with Gasteiger partial charge in [-0.1, -0.05) is 31.2 Å². The highest BCUT2D eigenvalue weighted by atomic mass is 16.5. The number of ether oxygens (including phenoxy) is 2. The molecule has 2 aromatic carbocycles. The maximum atomic E-state index is 12.6. The fourth-order valence-corrected chi connectivity index (χ4v) is 2.61. The SMILES string of the molecule is CC[C@H](Oc1cccc(C)c1C)C(=O)N[C@H](C)c1ccc(OC)cc1. The maximum Gasteiger partial charge on any atom is 0.261 e. The first kappa shape index (κ1) is 18.8. The topological polar surface area (TPSA) is 47.6 Å². The molecule has 1 amide bonds. The van der Waals surface area contributed by atoms with Crippen LogP contribution >= 0.6 is 0 Å². The summed E-state index contributed by atoms with van der Waals surface area (Å²) in [5.41, 5.74) is 3.24. The summed E-state index contributed by atoms with van der Waals surface area (Å²) in [5, 5.41) is 3.03. The average molecular weight is 341 g/mol. The summed E-state index contributed by atoms with van der Waals surface area (Å²) < 4.78 is 11.1. The number of nitrogens with one attached hydrogen (secondary N) is 1. The van der Waals surface area contributed by atoms with Crippen LogP contribution in [-0.4, -0.2) is 19.1 Å². The van der Waals surface area contributed by atoms with Gasteiger partial charge in [0.05, 0.1) is 13.2 Å². The van der Waals surface area contributed by atoms with Crippen LogP contribution in [0.3, 0.4) is 0 Å². The molecule has 2 rings (SSSR count). The number of aryl methyl sites for hydroxylation is 1. The van der Waals surface area contributed by atoms with Gasteiger partial charge >= 0.3 is 0 Å². The number of carbonyl (C=O) groups excluding carboxylic acids is 1. The van der Waals surface area contributed by atoms with E-state index in [1.165, 1.54) is 0 Å². The molecule has 2 atom stereocenters. The van der Waals surface area contributed by atoms with Gasteiger partial charge in [0.15, 0.2) is 6.10 Å². The molecule has 4 heteroatoms. The van der Waals surface area contributed by atoms with Crippen molar-refractivity contribution in [2.45, 2.75) is 46.3 Å². The lowest BCUT2D eigenvalue weighted by atomic mass is 10.1. The van der Waals surface area contributed by atoms with Gasteiger partial charge in [0.1, 0.15) is 11.5 Å². The van der Waals surface area contributed by atoms with Crippen LogP contribution < -0.4 is 14.8 Å². The van der Waals surface area contributed by atoms with Crippen molar-refractivity contribution in [2.75, 3.05) is 7.11 Å². The van der Waals surface area contributed by atoms with Crippen molar-refractivity contribution < 1.29 is 14.3 Å². The van der Waals surface area contributed by atoms with E-state index >= 15 is 0 Å². The summed E-state index contributed by atoms with van der Waals surface area (Å²) in [4.78, 5) is 12.6. The molecule has 0 unspecified atom stereocenters. The highest BCUT2D eigenvalue weighted by molar-refractivity contribution is 5.81. The van der Waals surface area contributed by atoms with Gasteiger partial charge in [-0.2, -0.15) is 0 Å². The first-order valence-electron chi connectivity index (χ1n) is 8.63. The molecule has 0 aliphatic rings. The van der Waals surface area contributed by atoms with Crippen molar-refractivity contribution >= 4 is 5.91 Å². The molecule has 0 fully saturated rings. The lowest BCUT2D eigenvalue weighted by Crippen LogP contribution is -2.39. The standard InChI is InChI=1S/C21H27NO3/c1-6-19(25-20-9-7-8-14(2)15(20)3)21(23)22-16(4)17-10-12-18(24-5)13-11-17/h7-13,16,19H,6H2,1-5H3,(H,22,23)/t16-,19+/m1/s1. The van der Waals surface area contributed by atoms with Gasteiger partial charge < -0.3 is 14.8 Å². The van der Waals surface area contributed by atoms with E-state index in [9.17, 15) is 4.79 Å². The molecular weight excluding hydrogens is 314 g/mol. The molecule has 0 bridgehead atoms. The Morgan fingerprint density at radius 1 is 1.12 bits per heavy atom. The molecule has 0 aromatic heterocycles. The number of hydrogen-bond donors (Lipinski definition) is 1. The molecule has 0 saturated heterocycles. The Morgan fingerprint density at radius 2 is 1.80 bits per heavy atom. The molecule has 0 heterocycles. The summed E-state index contributed by atoms with van der Waals surface area (Å²) in [7, 11) is 1.64. The zero-order valence-corrected chi connectivity index (χ0v) is 15.6. The van der Waals surface area contributed by atoms with Crippen molar-refractivity contribution in [1.29, 1.82) is 0 Å². The predicted octanol–water partition coefficient (Wildman–Crippen LogP) is 4.35. The quantitative estimate of drug-likeness (QED) is 0.814. The lowest BCUT2D eigenvalue weighted by molar-refractivity contribution is -0.128. The summed E-state index contributed by atoms with van der Waals surface area (Å²) in [6.07, 6.45) is 0.0929. The highest BCUT2D eigenvalue weighted by Gasteiger charge is 2.21. The third-order valence-corrected chi connectivity index (χ3v) is 4.46. The van der Waals surface area contributed by atoms with Crippen molar-refractivity contribution in [3.05, 3.63) is 59.2 Å². The Kier molecular flexibility index (Phi) is 6.45. The largest absolute Gasteiger partial charge is 0.497 e. The van der Waals surface area contributed by atoms with E-state index in [0.29, 0.717) is 6.42 Å². The number of carbonyl (C=O) groups is 1. The average Bonchev–Trinajstić information content (AvgIpc) is 2.62. The first-order chi connectivity index (χ1) is 12.0. The van der Waals surface area contributed by atoms with Crippen molar-refractivity contribution in [2.24, 2.45) is 0 Å². The molecule has 134 valence electrons. The summed E-state index contributed by atoms with van der Waals surface area (Å²) >= 11 is 0. The Labute approximate surface area is 150 Å². The fourth-order valence-electron chi connectivity index (χ4n) is 2.61. The van der Waals surface area contributed by atoms with E-state index in [2.05, 4.69) is 5.32 Å². The van der Waals surface area contributed by atoms with Gasteiger partial charge in [0, 0.05) is 0 Å². The van der Waals surface area contributed by atoms with Crippen LogP contribution in [-0.2, 0) is 4.79 Å². The smallest absolute Gasteiger partial charge is 0.261 e. The minimum atomic E-state index is -0.513. The third kappa shape index (κ3) is 4.75. The first-order valence-corrected chi connectivity index (χ1v) is 8.63. The van der Waals surface area contributed by atoms with E-state index in [-0.39, 0.29) is 11.9 Å². The van der Waals surface area contributed by atoms with E-state index in [4.69, 9.17) is 9.47 Å². The fraction of sp³-hybridized carbons (Fsp3) is 0.381. The van der Waals surface area contributed by atoms with Crippen LogP contribution in [0.5, 0.6) is 11.5 Å². The van der Waals surface area contributed by atoms with Crippen LogP contribution in [0.1, 0.15) is 43.0 Å². The molecule has 0 radical (unpaired) electrons. The van der Waals surface area contributed by atoms with Gasteiger partial charge in [0.2, 0.25) is 0 Å². The van der Waals surface area contributed by atoms with Crippen LogP contribution in [0, 0.1) is 13.8 Å². The summed E-state index contributed by atoms with van der Waals surface area (Å²) in [6, 6.07) is 13.5. The summed E-state index contributed by atoms with van der Waals surface area (Å²) in [5.74, 6) is 1.46. The number of methoxy groups -OCH3 is 1. The second kappa shape index (κ2) is 8.56. The highest BCUT2D eigenvalue weighted by Crippen LogP contribution is 2.23. The number of benzene rings is 2. The van der Waals surface area contributed by atoms with E-state index < -0.39 is 6.10 Å². The van der Waals surface area contributed by atoms with Gasteiger partial charge in [-0.3, -0.25) is 4.79 Å². The molecule has 0 aliphatic heterocycles. The normalized spacial score (nSPS) is 13.0. The molecule has 25 heavy (non-hydrogen) atoms. The minimum absolute atomic E-state index is 0.102. The van der Waals surface area contributed by atoms with Crippen molar-refractivity contribution in [1.82, 2.24) is 5.32 Å². The molecule has 2 aromatic rings. The summed E-state index contributed by atoms with van der Waals surface area (Å²) in [6.45, 7) is 7.96. The van der Waals surface area contributed by atoms with Gasteiger partial charge in [-0.05, 0) is 62.1 Å². The van der Waals surface area contributed by atoms with Crippen LogP contribution in [0.15, 0.2) is 42.5 Å². The third-order valence-electron chi connectivity index (χ3n) is 4.46. The molecule has 0 aliphatic carbocycles. The number of amides is 1. The maximum absolute atomic E-state index is 12.6. The zero-order valence-electron chi connectivity index (χ0n) is 15.6. The molecular formula is C21H27NO3. The van der Waals surface area contributed by atoms with Gasteiger partial charge in [0.25, 0.3) is 5.91 Å². The molecule has 1 N–H and O–H groups in total. The van der Waals surface area contributed by atoms with Crippen LogP contribution in [0.4, 0.5) is 0 Å². The van der Waals surface area contributed by atoms with Crippen molar-refractivity contribution in [3.63, 3.8) is 0 Å². The molecule has 0 spiro atoms. The molecule has 4 nitrogen and oxygen atoms in total. The monoisotopic (exact) mass is 341 g/mol. The van der Waals surface area contributed by atoms with E-state index in [1.54, 1.807) is 7.11 Å². The van der Waals surface area contributed by atoms with Gasteiger partial charge in [-0.15, -0.1) is 0 Å². The Hall–Kier alpha value is -2.49. The minimum Gasteiger partial charge on any atom is -0.497 e. The van der Waals surface area contributed by atoms with E-state index in [0.717, 1.165) is 28.2 Å².